The maximum absolute atomic E-state index is 13.9. The Morgan fingerprint density at radius 1 is 1.14 bits per heavy atom. The third kappa shape index (κ3) is 6.04. The lowest BCUT2D eigenvalue weighted by Crippen LogP contribution is -2.39. The number of allylic oxidation sites excluding steroid dienone is 1. The molecule has 0 N–H and O–H groups in total. The summed E-state index contributed by atoms with van der Waals surface area (Å²) < 4.78 is 20.0. The number of hydrogen-bond acceptors (Lipinski definition) is 7. The van der Waals surface area contributed by atoms with Crippen molar-refractivity contribution in [3.8, 4) is 11.5 Å². The lowest BCUT2D eigenvalue weighted by Gasteiger charge is -2.24. The highest BCUT2D eigenvalue weighted by Gasteiger charge is 2.33. The number of aryl methyl sites for hydroxylation is 1. The van der Waals surface area contributed by atoms with Gasteiger partial charge in [-0.2, -0.15) is 0 Å². The Kier molecular flexibility index (Phi) is 9.19. The van der Waals surface area contributed by atoms with Crippen LogP contribution in [0.3, 0.4) is 0 Å². The van der Waals surface area contributed by atoms with Crippen molar-refractivity contribution < 1.29 is 19.0 Å². The minimum absolute atomic E-state index is 0.221. The predicted molar refractivity (Wildman–Crippen MR) is 173 cm³/mol. The number of fused-ring (bicyclic) bond motifs is 1. The van der Waals surface area contributed by atoms with E-state index in [-0.39, 0.29) is 18.8 Å². The summed E-state index contributed by atoms with van der Waals surface area (Å²) in [5.74, 6) is 0.641. The van der Waals surface area contributed by atoms with Crippen LogP contribution in [0.1, 0.15) is 42.1 Å². The molecule has 1 atom stereocenters. The number of thiazole rings is 1. The molecule has 4 aromatic rings. The number of aromatic nitrogens is 1. The Morgan fingerprint density at radius 3 is 2.57 bits per heavy atom. The number of methoxy groups -OCH3 is 1. The number of benzene rings is 3. The van der Waals surface area contributed by atoms with Gasteiger partial charge in [0.25, 0.3) is 5.56 Å². The molecule has 0 saturated heterocycles. The van der Waals surface area contributed by atoms with Crippen LogP contribution in [0.2, 0.25) is 5.02 Å². The Labute approximate surface area is 265 Å². The molecule has 1 aromatic heterocycles. The molecule has 1 aliphatic heterocycles. The van der Waals surface area contributed by atoms with Crippen molar-refractivity contribution >= 4 is 57.6 Å². The van der Waals surface area contributed by atoms with Crippen LogP contribution in [0.15, 0.2) is 81.7 Å². The molecule has 0 unspecified atom stereocenters. The first kappa shape index (κ1) is 30.1. The molecule has 42 heavy (non-hydrogen) atoms. The minimum Gasteiger partial charge on any atom is -0.493 e. The van der Waals surface area contributed by atoms with Crippen LogP contribution in [-0.2, 0) is 16.1 Å². The number of rotatable bonds is 8. The highest BCUT2D eigenvalue weighted by atomic mass is 127. The molecule has 2 heterocycles. The van der Waals surface area contributed by atoms with Crippen LogP contribution in [0.4, 0.5) is 0 Å². The molecule has 0 saturated carbocycles. The zero-order valence-electron chi connectivity index (χ0n) is 23.4. The normalized spacial score (nSPS) is 14.8. The number of ether oxygens (including phenoxy) is 3. The average Bonchev–Trinajstić information content (AvgIpc) is 3.26. The monoisotopic (exact) mass is 714 g/mol. The lowest BCUT2D eigenvalue weighted by atomic mass is 9.95. The van der Waals surface area contributed by atoms with Gasteiger partial charge < -0.3 is 14.2 Å². The predicted octanol–water partition coefficient (Wildman–Crippen LogP) is 5.95. The van der Waals surface area contributed by atoms with Crippen LogP contribution >= 0.6 is 45.5 Å². The first-order valence-corrected chi connectivity index (χ1v) is 15.5. The molecule has 0 amide bonds. The van der Waals surface area contributed by atoms with Crippen LogP contribution in [0.5, 0.6) is 11.5 Å². The van der Waals surface area contributed by atoms with Crippen molar-refractivity contribution in [1.82, 2.24) is 4.57 Å². The van der Waals surface area contributed by atoms with Crippen LogP contribution in [-0.4, -0.2) is 24.3 Å². The topological polar surface area (TPSA) is 79.1 Å². The largest absolute Gasteiger partial charge is 0.493 e. The molecule has 0 fully saturated rings. The summed E-state index contributed by atoms with van der Waals surface area (Å²) in [4.78, 5) is 32.2. The molecule has 10 heteroatoms. The Morgan fingerprint density at radius 2 is 1.88 bits per heavy atom. The van der Waals surface area contributed by atoms with Gasteiger partial charge in [0, 0.05) is 10.6 Å². The quantitative estimate of drug-likeness (QED) is 0.167. The summed E-state index contributed by atoms with van der Waals surface area (Å²) in [6.07, 6.45) is 1.81. The molecule has 0 aliphatic carbocycles. The number of esters is 1. The number of halogens is 2. The Hall–Kier alpha value is -3.41. The van der Waals surface area contributed by atoms with Crippen molar-refractivity contribution in [2.75, 3.05) is 13.7 Å². The van der Waals surface area contributed by atoms with E-state index in [1.165, 1.54) is 11.3 Å². The second-order valence-corrected chi connectivity index (χ2v) is 12.2. The zero-order chi connectivity index (χ0) is 30.0. The molecule has 0 bridgehead atoms. The third-order valence-corrected chi connectivity index (χ3v) is 8.94. The van der Waals surface area contributed by atoms with Crippen LogP contribution in [0.25, 0.3) is 6.08 Å². The highest BCUT2D eigenvalue weighted by Crippen LogP contribution is 2.35. The summed E-state index contributed by atoms with van der Waals surface area (Å²) in [5, 5.41) is 0.628. The molecular formula is C32H28ClIN2O5S. The number of nitrogens with zero attached hydrogens (tertiary/aromatic N) is 2. The fourth-order valence-corrected chi connectivity index (χ4v) is 6.75. The fourth-order valence-electron chi connectivity index (χ4n) is 4.74. The van der Waals surface area contributed by atoms with E-state index in [0.717, 1.165) is 25.8 Å². The molecule has 5 rings (SSSR count). The van der Waals surface area contributed by atoms with Gasteiger partial charge in [0.2, 0.25) is 0 Å². The van der Waals surface area contributed by atoms with Crippen molar-refractivity contribution in [3.63, 3.8) is 0 Å². The van der Waals surface area contributed by atoms with E-state index in [4.69, 9.17) is 25.8 Å². The highest BCUT2D eigenvalue weighted by molar-refractivity contribution is 14.1. The minimum atomic E-state index is -0.654. The number of carbonyl (C=O) groups is 1. The Balaban J connectivity index is 1.58. The summed E-state index contributed by atoms with van der Waals surface area (Å²) in [5.41, 5.74) is 4.16. The summed E-state index contributed by atoms with van der Waals surface area (Å²) in [6, 6.07) is 18.4. The zero-order valence-corrected chi connectivity index (χ0v) is 27.2. The first-order valence-electron chi connectivity index (χ1n) is 13.2. The van der Waals surface area contributed by atoms with Gasteiger partial charge in [-0.1, -0.05) is 71.0 Å². The first-order chi connectivity index (χ1) is 20.2. The molecule has 3 aromatic carbocycles. The van der Waals surface area contributed by atoms with Gasteiger partial charge in [-0.05, 0) is 78.8 Å². The molecule has 0 radical (unpaired) electrons. The standard InChI is InChI=1S/C32H28ClIN2O5S/c1-5-40-31(38)27-19(3)35-32-36(28(27)21-12-10-18(2)11-13-21)30(37)26(42-32)16-20-14-24(34)29(25(15-20)39-4)41-17-22-8-6-7-9-23(22)33/h6-16,28H,5,17H2,1-4H3/b26-16-/t28-/m0/s1. The van der Waals surface area contributed by atoms with E-state index in [1.807, 2.05) is 73.7 Å². The van der Waals surface area contributed by atoms with E-state index in [9.17, 15) is 9.59 Å². The second kappa shape index (κ2) is 12.8. The van der Waals surface area contributed by atoms with Crippen LogP contribution < -0.4 is 24.4 Å². The lowest BCUT2D eigenvalue weighted by molar-refractivity contribution is -0.139. The van der Waals surface area contributed by atoms with Crippen molar-refractivity contribution in [3.05, 3.63) is 122 Å². The fraction of sp³-hybridized carbons (Fsp3) is 0.219. The molecule has 0 spiro atoms. The van der Waals surface area contributed by atoms with Gasteiger partial charge in [0.15, 0.2) is 16.3 Å². The molecule has 7 nitrogen and oxygen atoms in total. The maximum Gasteiger partial charge on any atom is 0.338 e. The van der Waals surface area contributed by atoms with E-state index >= 15 is 0 Å². The van der Waals surface area contributed by atoms with E-state index in [1.54, 1.807) is 25.5 Å². The SMILES string of the molecule is CCOC(=O)C1=C(C)N=c2s/c(=C\c3cc(I)c(OCc4ccccc4Cl)c(OC)c3)c(=O)n2[C@H]1c1ccc(C)cc1. The van der Waals surface area contributed by atoms with E-state index < -0.39 is 12.0 Å². The number of hydrogen-bond donors (Lipinski definition) is 0. The Bertz CT molecular complexity index is 1880. The average molecular weight is 715 g/mol. The second-order valence-electron chi connectivity index (χ2n) is 9.63. The third-order valence-electron chi connectivity index (χ3n) is 6.79. The van der Waals surface area contributed by atoms with Gasteiger partial charge >= 0.3 is 5.97 Å². The van der Waals surface area contributed by atoms with Gasteiger partial charge in [-0.25, -0.2) is 9.79 Å². The smallest absolute Gasteiger partial charge is 0.338 e. The summed E-state index contributed by atoms with van der Waals surface area (Å²) in [7, 11) is 1.58. The van der Waals surface area contributed by atoms with Gasteiger partial charge in [0.05, 0.1) is 39.1 Å². The number of carbonyl (C=O) groups excluding carboxylic acids is 1. The van der Waals surface area contributed by atoms with Gasteiger partial charge in [0.1, 0.15) is 6.61 Å². The molecule has 1 aliphatic rings. The van der Waals surface area contributed by atoms with Gasteiger partial charge in [-0.15, -0.1) is 0 Å². The maximum atomic E-state index is 13.9. The van der Waals surface area contributed by atoms with Crippen molar-refractivity contribution in [2.45, 2.75) is 33.4 Å². The summed E-state index contributed by atoms with van der Waals surface area (Å²) in [6.45, 7) is 6.03. The molecule has 216 valence electrons. The summed E-state index contributed by atoms with van der Waals surface area (Å²) >= 11 is 9.77. The van der Waals surface area contributed by atoms with E-state index in [0.29, 0.717) is 37.1 Å². The van der Waals surface area contributed by atoms with Crippen molar-refractivity contribution in [2.24, 2.45) is 4.99 Å². The van der Waals surface area contributed by atoms with Gasteiger partial charge in [-0.3, -0.25) is 9.36 Å². The van der Waals surface area contributed by atoms with E-state index in [2.05, 4.69) is 27.6 Å². The molecular weight excluding hydrogens is 687 g/mol. The van der Waals surface area contributed by atoms with Crippen molar-refractivity contribution in [1.29, 1.82) is 0 Å². The van der Waals surface area contributed by atoms with Crippen LogP contribution in [0, 0.1) is 10.5 Å².